The second-order valence-electron chi connectivity index (χ2n) is 3.75. The van der Waals surface area contributed by atoms with Gasteiger partial charge in [0.05, 0.1) is 6.61 Å². The number of hydrogen-bond donors (Lipinski definition) is 1. The van der Waals surface area contributed by atoms with Crippen molar-refractivity contribution in [3.05, 3.63) is 6.07 Å². The average molecular weight is 270 g/mol. The fourth-order valence-corrected chi connectivity index (χ4v) is 1.81. The third-order valence-corrected chi connectivity index (χ3v) is 2.95. The van der Waals surface area contributed by atoms with Crippen LogP contribution in [0.1, 0.15) is 13.8 Å². The van der Waals surface area contributed by atoms with E-state index < -0.39 is 0 Å². The Bertz CT molecular complexity index is 362. The molecule has 18 heavy (non-hydrogen) atoms. The molecule has 1 heterocycles. The summed E-state index contributed by atoms with van der Waals surface area (Å²) in [6.45, 7) is 7.19. The summed E-state index contributed by atoms with van der Waals surface area (Å²) in [5.41, 5.74) is 0. The van der Waals surface area contributed by atoms with Crippen LogP contribution in [-0.2, 0) is 4.74 Å². The van der Waals surface area contributed by atoms with E-state index >= 15 is 0 Å². The third kappa shape index (κ3) is 4.70. The zero-order valence-electron chi connectivity index (χ0n) is 11.6. The number of hydrogen-bond acceptors (Lipinski definition) is 6. The van der Waals surface area contributed by atoms with Crippen LogP contribution < -0.4 is 10.2 Å². The van der Waals surface area contributed by atoms with Gasteiger partial charge in [0.2, 0.25) is 0 Å². The van der Waals surface area contributed by atoms with Gasteiger partial charge in [-0.25, -0.2) is 9.97 Å². The predicted octanol–water partition coefficient (Wildman–Crippen LogP) is 2.10. The standard InChI is InChI=1S/C12H22N4OS/c1-5-13-10-9-11(15-12(14-10)18-4)16(3)7-8-17-6-2/h9H,5-8H2,1-4H3,(H,13,14,15). The van der Waals surface area contributed by atoms with Crippen LogP contribution in [0.3, 0.4) is 0 Å². The van der Waals surface area contributed by atoms with Crippen LogP contribution in [0.25, 0.3) is 0 Å². The Morgan fingerprint density at radius 2 is 2.17 bits per heavy atom. The summed E-state index contributed by atoms with van der Waals surface area (Å²) < 4.78 is 5.35. The summed E-state index contributed by atoms with van der Waals surface area (Å²) in [6, 6.07) is 1.97. The summed E-state index contributed by atoms with van der Waals surface area (Å²) in [5, 5.41) is 4.01. The molecule has 1 aromatic rings. The number of nitrogens with zero attached hydrogens (tertiary/aromatic N) is 3. The first-order valence-electron chi connectivity index (χ1n) is 6.17. The van der Waals surface area contributed by atoms with Crippen molar-refractivity contribution in [3.63, 3.8) is 0 Å². The summed E-state index contributed by atoms with van der Waals surface area (Å²) >= 11 is 1.55. The second kappa shape index (κ2) is 8.16. The number of ether oxygens (including phenoxy) is 1. The van der Waals surface area contributed by atoms with Gasteiger partial charge in [-0.1, -0.05) is 11.8 Å². The number of rotatable bonds is 8. The van der Waals surface area contributed by atoms with Crippen molar-refractivity contribution < 1.29 is 4.74 Å². The largest absolute Gasteiger partial charge is 0.380 e. The van der Waals surface area contributed by atoms with Crippen molar-refractivity contribution in [2.45, 2.75) is 19.0 Å². The Kier molecular flexibility index (Phi) is 6.82. The molecule has 0 aromatic carbocycles. The van der Waals surface area contributed by atoms with E-state index in [0.717, 1.165) is 36.5 Å². The lowest BCUT2D eigenvalue weighted by atomic mass is 10.4. The molecule has 0 fully saturated rings. The monoisotopic (exact) mass is 270 g/mol. The average Bonchev–Trinajstić information content (AvgIpc) is 2.39. The van der Waals surface area contributed by atoms with Crippen LogP contribution in [-0.4, -0.2) is 49.6 Å². The van der Waals surface area contributed by atoms with E-state index in [2.05, 4.69) is 27.1 Å². The van der Waals surface area contributed by atoms with Gasteiger partial charge in [0, 0.05) is 32.8 Å². The van der Waals surface area contributed by atoms with Gasteiger partial charge < -0.3 is 15.0 Å². The van der Waals surface area contributed by atoms with Gasteiger partial charge in [0.15, 0.2) is 5.16 Å². The molecule has 0 radical (unpaired) electrons. The van der Waals surface area contributed by atoms with Crippen molar-refractivity contribution in [1.82, 2.24) is 9.97 Å². The molecule has 0 aliphatic carbocycles. The molecule has 0 unspecified atom stereocenters. The lowest BCUT2D eigenvalue weighted by molar-refractivity contribution is 0.154. The highest BCUT2D eigenvalue weighted by Gasteiger charge is 2.07. The van der Waals surface area contributed by atoms with Crippen molar-refractivity contribution in [3.8, 4) is 0 Å². The normalized spacial score (nSPS) is 10.4. The SMILES string of the molecule is CCNc1cc(N(C)CCOCC)nc(SC)n1. The summed E-state index contributed by atoms with van der Waals surface area (Å²) in [7, 11) is 2.02. The Balaban J connectivity index is 2.75. The van der Waals surface area contributed by atoms with Gasteiger partial charge in [0.1, 0.15) is 11.6 Å². The van der Waals surface area contributed by atoms with E-state index in [4.69, 9.17) is 4.74 Å². The minimum Gasteiger partial charge on any atom is -0.380 e. The fraction of sp³-hybridized carbons (Fsp3) is 0.667. The molecule has 0 aliphatic heterocycles. The highest BCUT2D eigenvalue weighted by atomic mass is 32.2. The zero-order chi connectivity index (χ0) is 13.4. The number of anilines is 2. The van der Waals surface area contributed by atoms with Crippen molar-refractivity contribution in [2.75, 3.05) is 49.8 Å². The highest BCUT2D eigenvalue weighted by Crippen LogP contribution is 2.19. The topological polar surface area (TPSA) is 50.3 Å². The van der Waals surface area contributed by atoms with Crippen molar-refractivity contribution >= 4 is 23.4 Å². The van der Waals surface area contributed by atoms with Crippen LogP contribution in [0.4, 0.5) is 11.6 Å². The van der Waals surface area contributed by atoms with Crippen LogP contribution in [0.5, 0.6) is 0 Å². The molecule has 0 atom stereocenters. The van der Waals surface area contributed by atoms with E-state index in [-0.39, 0.29) is 0 Å². The van der Waals surface area contributed by atoms with Crippen molar-refractivity contribution in [1.29, 1.82) is 0 Å². The van der Waals surface area contributed by atoms with Gasteiger partial charge in [-0.05, 0) is 20.1 Å². The van der Waals surface area contributed by atoms with Gasteiger partial charge in [-0.15, -0.1) is 0 Å². The molecule has 1 rings (SSSR count). The zero-order valence-corrected chi connectivity index (χ0v) is 12.4. The molecule has 1 N–H and O–H groups in total. The Hall–Kier alpha value is -1.01. The Morgan fingerprint density at radius 3 is 2.78 bits per heavy atom. The molecule has 0 saturated carbocycles. The molecule has 0 saturated heterocycles. The van der Waals surface area contributed by atoms with Gasteiger partial charge in [-0.3, -0.25) is 0 Å². The molecular weight excluding hydrogens is 248 g/mol. The number of aromatic nitrogens is 2. The maximum absolute atomic E-state index is 5.35. The molecule has 0 bridgehead atoms. The maximum atomic E-state index is 5.35. The van der Waals surface area contributed by atoms with Crippen LogP contribution in [0.2, 0.25) is 0 Å². The summed E-state index contributed by atoms with van der Waals surface area (Å²) in [4.78, 5) is 11.0. The van der Waals surface area contributed by atoms with E-state index in [9.17, 15) is 0 Å². The van der Waals surface area contributed by atoms with E-state index in [0.29, 0.717) is 6.61 Å². The highest BCUT2D eigenvalue weighted by molar-refractivity contribution is 7.98. The number of thioether (sulfide) groups is 1. The summed E-state index contributed by atoms with van der Waals surface area (Å²) in [5.74, 6) is 1.79. The van der Waals surface area contributed by atoms with E-state index in [1.807, 2.05) is 26.3 Å². The molecular formula is C12H22N4OS. The molecule has 6 heteroatoms. The molecule has 5 nitrogen and oxygen atoms in total. The first-order chi connectivity index (χ1) is 8.71. The molecule has 0 aliphatic rings. The van der Waals surface area contributed by atoms with Gasteiger partial charge >= 0.3 is 0 Å². The minimum atomic E-state index is 0.710. The smallest absolute Gasteiger partial charge is 0.191 e. The molecule has 0 spiro atoms. The Labute approximate surface area is 113 Å². The van der Waals surface area contributed by atoms with E-state index in [1.165, 1.54) is 0 Å². The van der Waals surface area contributed by atoms with Crippen LogP contribution >= 0.6 is 11.8 Å². The van der Waals surface area contributed by atoms with Crippen LogP contribution in [0, 0.1) is 0 Å². The maximum Gasteiger partial charge on any atom is 0.191 e. The van der Waals surface area contributed by atoms with Gasteiger partial charge in [0.25, 0.3) is 0 Å². The fourth-order valence-electron chi connectivity index (χ4n) is 1.43. The third-order valence-electron chi connectivity index (χ3n) is 2.40. The number of nitrogens with one attached hydrogen (secondary N) is 1. The molecule has 102 valence electrons. The molecule has 0 amide bonds. The van der Waals surface area contributed by atoms with Gasteiger partial charge in [-0.2, -0.15) is 0 Å². The lowest BCUT2D eigenvalue weighted by Gasteiger charge is -2.19. The van der Waals surface area contributed by atoms with Crippen molar-refractivity contribution in [2.24, 2.45) is 0 Å². The van der Waals surface area contributed by atoms with Crippen LogP contribution in [0.15, 0.2) is 11.2 Å². The molecule has 1 aromatic heterocycles. The second-order valence-corrected chi connectivity index (χ2v) is 4.52. The Morgan fingerprint density at radius 1 is 1.39 bits per heavy atom. The predicted molar refractivity (Wildman–Crippen MR) is 77.7 cm³/mol. The first-order valence-corrected chi connectivity index (χ1v) is 7.39. The number of likely N-dealkylation sites (N-methyl/N-ethyl adjacent to an activating group) is 1. The minimum absolute atomic E-state index is 0.710. The first kappa shape index (κ1) is 15.0. The lowest BCUT2D eigenvalue weighted by Crippen LogP contribution is -2.24. The summed E-state index contributed by atoms with van der Waals surface area (Å²) in [6.07, 6.45) is 1.98. The quantitative estimate of drug-likeness (QED) is 0.443. The van der Waals surface area contributed by atoms with E-state index in [1.54, 1.807) is 11.8 Å².